The number of rotatable bonds is 3. The molecule has 0 bridgehead atoms. The van der Waals surface area contributed by atoms with Crippen LogP contribution in [-0.2, 0) is 4.79 Å². The van der Waals surface area contributed by atoms with Crippen LogP contribution in [0.2, 0.25) is 0 Å². The Morgan fingerprint density at radius 3 is 3.20 bits per heavy atom. The normalized spacial score (nSPS) is 23.9. The first kappa shape index (κ1) is 14.5. The zero-order valence-electron chi connectivity index (χ0n) is 11.4. The SMILES string of the molecule is C[C@@H](SC1=NCCS1)C(=O)N1CCC[C@@H]1c1cccs1. The van der Waals surface area contributed by atoms with Crippen LogP contribution in [0.15, 0.2) is 22.5 Å². The van der Waals surface area contributed by atoms with E-state index in [0.29, 0.717) is 6.04 Å². The predicted molar refractivity (Wildman–Crippen MR) is 89.8 cm³/mol. The molecule has 3 rings (SSSR count). The van der Waals surface area contributed by atoms with Crippen molar-refractivity contribution < 1.29 is 4.79 Å². The van der Waals surface area contributed by atoms with Crippen molar-refractivity contribution in [1.82, 2.24) is 4.90 Å². The average Bonchev–Trinajstić information content (AvgIpc) is 3.18. The average molecular weight is 327 g/mol. The van der Waals surface area contributed by atoms with Gasteiger partial charge in [-0.1, -0.05) is 29.6 Å². The molecule has 1 aromatic rings. The van der Waals surface area contributed by atoms with Crippen molar-refractivity contribution in [3.8, 4) is 0 Å². The fraction of sp³-hybridized carbons (Fsp3) is 0.571. The first-order valence-electron chi connectivity index (χ1n) is 6.93. The molecule has 3 heterocycles. The molecule has 2 atom stereocenters. The summed E-state index contributed by atoms with van der Waals surface area (Å²) in [7, 11) is 0. The van der Waals surface area contributed by atoms with Crippen molar-refractivity contribution in [2.75, 3.05) is 18.8 Å². The number of hydrogen-bond acceptors (Lipinski definition) is 5. The fourth-order valence-electron chi connectivity index (χ4n) is 2.63. The molecule has 0 radical (unpaired) electrons. The second-order valence-electron chi connectivity index (χ2n) is 4.96. The van der Waals surface area contributed by atoms with Crippen LogP contribution < -0.4 is 0 Å². The summed E-state index contributed by atoms with van der Waals surface area (Å²) < 4.78 is 1.08. The van der Waals surface area contributed by atoms with Crippen molar-refractivity contribution in [2.45, 2.75) is 31.1 Å². The van der Waals surface area contributed by atoms with Gasteiger partial charge in [0, 0.05) is 17.2 Å². The summed E-state index contributed by atoms with van der Waals surface area (Å²) in [6.07, 6.45) is 2.21. The first-order chi connectivity index (χ1) is 9.75. The molecule has 1 amide bonds. The highest BCUT2D eigenvalue weighted by Crippen LogP contribution is 2.36. The van der Waals surface area contributed by atoms with E-state index >= 15 is 0 Å². The minimum absolute atomic E-state index is 0.0279. The summed E-state index contributed by atoms with van der Waals surface area (Å²) in [4.78, 5) is 20.5. The molecular weight excluding hydrogens is 308 g/mol. The van der Waals surface area contributed by atoms with Crippen LogP contribution in [0.4, 0.5) is 0 Å². The van der Waals surface area contributed by atoms with E-state index in [-0.39, 0.29) is 11.2 Å². The van der Waals surface area contributed by atoms with Gasteiger partial charge in [0.05, 0.1) is 17.8 Å². The highest BCUT2D eigenvalue weighted by Gasteiger charge is 2.33. The molecule has 1 fully saturated rings. The molecule has 0 spiro atoms. The second-order valence-corrected chi connectivity index (χ2v) is 8.61. The molecule has 2 aliphatic heterocycles. The van der Waals surface area contributed by atoms with Gasteiger partial charge in [-0.3, -0.25) is 9.79 Å². The van der Waals surface area contributed by atoms with Gasteiger partial charge in [0.1, 0.15) is 4.38 Å². The van der Waals surface area contributed by atoms with E-state index in [4.69, 9.17) is 0 Å². The van der Waals surface area contributed by atoms with Crippen LogP contribution in [0, 0.1) is 0 Å². The van der Waals surface area contributed by atoms with E-state index in [2.05, 4.69) is 27.4 Å². The minimum Gasteiger partial charge on any atom is -0.334 e. The van der Waals surface area contributed by atoms with Crippen molar-refractivity contribution in [1.29, 1.82) is 0 Å². The maximum Gasteiger partial charge on any atom is 0.236 e. The van der Waals surface area contributed by atoms with Gasteiger partial charge in [0.2, 0.25) is 5.91 Å². The third-order valence-corrected chi connectivity index (χ3v) is 6.86. The Hall–Kier alpha value is -0.460. The summed E-state index contributed by atoms with van der Waals surface area (Å²) >= 11 is 5.16. The molecular formula is C14H18N2OS3. The Morgan fingerprint density at radius 1 is 1.60 bits per heavy atom. The fourth-order valence-corrected chi connectivity index (χ4v) is 5.70. The standard InChI is InChI=1S/C14H18N2OS3/c1-10(20-14-15-6-9-19-14)13(17)16-7-2-4-11(16)12-5-3-8-18-12/h3,5,8,10-11H,2,4,6-7,9H2,1H3/t10-,11-/m1/s1. The van der Waals surface area contributed by atoms with Gasteiger partial charge in [0.15, 0.2) is 0 Å². The van der Waals surface area contributed by atoms with E-state index in [1.54, 1.807) is 34.9 Å². The summed E-state index contributed by atoms with van der Waals surface area (Å²) in [5.41, 5.74) is 0. The molecule has 0 saturated carbocycles. The van der Waals surface area contributed by atoms with Crippen LogP contribution in [0.1, 0.15) is 30.7 Å². The van der Waals surface area contributed by atoms with E-state index < -0.39 is 0 Å². The third-order valence-electron chi connectivity index (χ3n) is 3.59. The maximum atomic E-state index is 12.7. The van der Waals surface area contributed by atoms with Crippen LogP contribution in [0.3, 0.4) is 0 Å². The van der Waals surface area contributed by atoms with Gasteiger partial charge in [-0.15, -0.1) is 11.3 Å². The number of thiophene rings is 1. The maximum absolute atomic E-state index is 12.7. The number of aliphatic imine (C=N–C) groups is 1. The molecule has 0 aromatic carbocycles. The lowest BCUT2D eigenvalue weighted by Gasteiger charge is -2.26. The van der Waals surface area contributed by atoms with Gasteiger partial charge in [-0.2, -0.15) is 0 Å². The minimum atomic E-state index is -0.0279. The van der Waals surface area contributed by atoms with Gasteiger partial charge in [-0.05, 0) is 31.2 Å². The monoisotopic (exact) mass is 326 g/mol. The van der Waals surface area contributed by atoms with E-state index in [0.717, 1.165) is 36.1 Å². The molecule has 1 aromatic heterocycles. The zero-order valence-corrected chi connectivity index (χ0v) is 13.9. The summed E-state index contributed by atoms with van der Waals surface area (Å²) in [5, 5.41) is 2.07. The van der Waals surface area contributed by atoms with E-state index in [1.165, 1.54) is 4.88 Å². The molecule has 20 heavy (non-hydrogen) atoms. The number of hydrogen-bond donors (Lipinski definition) is 0. The van der Waals surface area contributed by atoms with Crippen molar-refractivity contribution >= 4 is 45.1 Å². The van der Waals surface area contributed by atoms with Gasteiger partial charge in [0.25, 0.3) is 0 Å². The summed E-state index contributed by atoms with van der Waals surface area (Å²) in [6, 6.07) is 4.52. The quantitative estimate of drug-likeness (QED) is 0.850. The smallest absolute Gasteiger partial charge is 0.236 e. The molecule has 3 nitrogen and oxygen atoms in total. The molecule has 1 saturated heterocycles. The lowest BCUT2D eigenvalue weighted by Crippen LogP contribution is -2.36. The zero-order chi connectivity index (χ0) is 13.9. The number of nitrogens with zero attached hydrogens (tertiary/aromatic N) is 2. The molecule has 2 aliphatic rings. The number of carbonyl (C=O) groups is 1. The van der Waals surface area contributed by atoms with Gasteiger partial charge >= 0.3 is 0 Å². The first-order valence-corrected chi connectivity index (χ1v) is 9.68. The Morgan fingerprint density at radius 2 is 2.50 bits per heavy atom. The highest BCUT2D eigenvalue weighted by atomic mass is 32.2. The topological polar surface area (TPSA) is 32.7 Å². The van der Waals surface area contributed by atoms with E-state index in [1.807, 2.05) is 6.92 Å². The third kappa shape index (κ3) is 3.07. The highest BCUT2D eigenvalue weighted by molar-refractivity contribution is 8.39. The van der Waals surface area contributed by atoms with Gasteiger partial charge in [-0.25, -0.2) is 0 Å². The number of likely N-dealkylation sites (tertiary alicyclic amines) is 1. The molecule has 6 heteroatoms. The number of carbonyl (C=O) groups excluding carboxylic acids is 1. The lowest BCUT2D eigenvalue weighted by atomic mass is 10.2. The number of amides is 1. The summed E-state index contributed by atoms with van der Waals surface area (Å²) in [5.74, 6) is 1.33. The Balaban J connectivity index is 1.66. The van der Waals surface area contributed by atoms with Crippen LogP contribution >= 0.6 is 34.9 Å². The van der Waals surface area contributed by atoms with Crippen LogP contribution in [0.25, 0.3) is 0 Å². The van der Waals surface area contributed by atoms with Crippen LogP contribution in [-0.4, -0.2) is 39.3 Å². The lowest BCUT2D eigenvalue weighted by molar-refractivity contribution is -0.131. The largest absolute Gasteiger partial charge is 0.334 e. The molecule has 0 N–H and O–H groups in total. The van der Waals surface area contributed by atoms with Crippen LogP contribution in [0.5, 0.6) is 0 Å². The Bertz CT molecular complexity index is 501. The predicted octanol–water partition coefficient (Wildman–Crippen LogP) is 3.64. The Labute approximate surface area is 132 Å². The molecule has 108 valence electrons. The van der Waals surface area contributed by atoms with Crippen molar-refractivity contribution in [2.24, 2.45) is 4.99 Å². The Kier molecular flexibility index (Phi) is 4.73. The number of thioether (sulfide) groups is 2. The van der Waals surface area contributed by atoms with Crippen molar-refractivity contribution in [3.63, 3.8) is 0 Å². The molecule has 0 unspecified atom stereocenters. The second kappa shape index (κ2) is 6.54. The molecule has 0 aliphatic carbocycles. The summed E-state index contributed by atoms with van der Waals surface area (Å²) in [6.45, 7) is 3.81. The van der Waals surface area contributed by atoms with Crippen molar-refractivity contribution in [3.05, 3.63) is 22.4 Å². The van der Waals surface area contributed by atoms with Gasteiger partial charge < -0.3 is 4.90 Å². The van der Waals surface area contributed by atoms with E-state index in [9.17, 15) is 4.79 Å².